The van der Waals surface area contributed by atoms with Crippen LogP contribution < -0.4 is 5.32 Å². The summed E-state index contributed by atoms with van der Waals surface area (Å²) in [6.45, 7) is 0. The first-order valence-electron chi connectivity index (χ1n) is 7.00. The van der Waals surface area contributed by atoms with Crippen molar-refractivity contribution >= 4 is 40.2 Å². The Morgan fingerprint density at radius 3 is 2.76 bits per heavy atom. The largest absolute Gasteiger partial charge is 0.347 e. The standard InChI is InChI=1S/C14H16N2O3S2/c17-12-8-21-14(19)16(12)10-5-2-1-4-9(10)15-13(18)11-6-3-7-20-11/h3,6-7,9-10H,1-2,4-5,8H2,(H,15,18)/t9-,10+/m0/s1. The summed E-state index contributed by atoms with van der Waals surface area (Å²) in [4.78, 5) is 38.0. The second kappa shape index (κ2) is 6.19. The molecular formula is C14H16N2O3S2. The maximum atomic E-state index is 12.2. The zero-order valence-corrected chi connectivity index (χ0v) is 13.0. The van der Waals surface area contributed by atoms with Gasteiger partial charge in [0.2, 0.25) is 5.91 Å². The van der Waals surface area contributed by atoms with Crippen LogP contribution in [-0.4, -0.2) is 39.8 Å². The lowest BCUT2D eigenvalue weighted by molar-refractivity contribution is -0.127. The van der Waals surface area contributed by atoms with Gasteiger partial charge in [-0.25, -0.2) is 0 Å². The van der Waals surface area contributed by atoms with Crippen LogP contribution in [0.25, 0.3) is 0 Å². The maximum absolute atomic E-state index is 12.2. The molecule has 1 saturated carbocycles. The van der Waals surface area contributed by atoms with Gasteiger partial charge in [-0.15, -0.1) is 11.3 Å². The van der Waals surface area contributed by atoms with E-state index in [2.05, 4.69) is 5.32 Å². The van der Waals surface area contributed by atoms with E-state index in [9.17, 15) is 14.4 Å². The monoisotopic (exact) mass is 324 g/mol. The van der Waals surface area contributed by atoms with E-state index in [-0.39, 0.29) is 34.9 Å². The Morgan fingerprint density at radius 1 is 1.29 bits per heavy atom. The molecule has 2 atom stereocenters. The Hall–Kier alpha value is -1.34. The summed E-state index contributed by atoms with van der Waals surface area (Å²) < 4.78 is 0. The predicted molar refractivity (Wildman–Crippen MR) is 82.5 cm³/mol. The second-order valence-electron chi connectivity index (χ2n) is 5.23. The van der Waals surface area contributed by atoms with Crippen LogP contribution >= 0.6 is 23.1 Å². The molecule has 1 saturated heterocycles. The van der Waals surface area contributed by atoms with Crippen LogP contribution in [0, 0.1) is 0 Å². The first kappa shape index (κ1) is 14.6. The fourth-order valence-corrected chi connectivity index (χ4v) is 4.31. The predicted octanol–water partition coefficient (Wildman–Crippen LogP) is 2.48. The Kier molecular flexibility index (Phi) is 4.30. The molecule has 0 unspecified atom stereocenters. The summed E-state index contributed by atoms with van der Waals surface area (Å²) in [5, 5.41) is 4.69. The number of thioether (sulfide) groups is 1. The van der Waals surface area contributed by atoms with Crippen molar-refractivity contribution < 1.29 is 14.4 Å². The third-order valence-corrected chi connectivity index (χ3v) is 5.61. The molecule has 1 aliphatic heterocycles. The number of hydrogen-bond acceptors (Lipinski definition) is 5. The molecule has 7 heteroatoms. The number of amides is 3. The summed E-state index contributed by atoms with van der Waals surface area (Å²) in [6.07, 6.45) is 3.57. The number of hydrogen-bond donors (Lipinski definition) is 1. The molecule has 1 aromatic rings. The molecule has 0 radical (unpaired) electrons. The molecule has 3 rings (SSSR count). The molecule has 5 nitrogen and oxygen atoms in total. The van der Waals surface area contributed by atoms with Gasteiger partial charge in [-0.2, -0.15) is 0 Å². The van der Waals surface area contributed by atoms with Crippen molar-refractivity contribution in [3.63, 3.8) is 0 Å². The molecule has 2 fully saturated rings. The lowest BCUT2D eigenvalue weighted by atomic mass is 9.89. The summed E-state index contributed by atoms with van der Waals surface area (Å²) in [6, 6.07) is 3.28. The van der Waals surface area contributed by atoms with Crippen LogP contribution in [0.1, 0.15) is 35.4 Å². The van der Waals surface area contributed by atoms with Crippen LogP contribution in [0.2, 0.25) is 0 Å². The van der Waals surface area contributed by atoms with E-state index in [1.807, 2.05) is 11.4 Å². The molecule has 1 aromatic heterocycles. The highest BCUT2D eigenvalue weighted by atomic mass is 32.2. The zero-order chi connectivity index (χ0) is 14.8. The quantitative estimate of drug-likeness (QED) is 0.927. The van der Waals surface area contributed by atoms with Gasteiger partial charge >= 0.3 is 0 Å². The molecular weight excluding hydrogens is 308 g/mol. The molecule has 2 aliphatic rings. The highest BCUT2D eigenvalue weighted by Crippen LogP contribution is 2.30. The molecule has 0 aromatic carbocycles. The van der Waals surface area contributed by atoms with Crippen LogP contribution in [-0.2, 0) is 4.79 Å². The van der Waals surface area contributed by atoms with E-state index in [4.69, 9.17) is 0 Å². The van der Waals surface area contributed by atoms with Crippen LogP contribution in [0.4, 0.5) is 4.79 Å². The fourth-order valence-electron chi connectivity index (χ4n) is 2.92. The third-order valence-electron chi connectivity index (χ3n) is 3.91. The molecule has 3 amide bonds. The van der Waals surface area contributed by atoms with E-state index in [1.54, 1.807) is 6.07 Å². The molecule has 1 N–H and O–H groups in total. The Bertz CT molecular complexity index is 543. The number of carbonyl (C=O) groups is 3. The molecule has 2 heterocycles. The van der Waals surface area contributed by atoms with Gasteiger partial charge in [0, 0.05) is 0 Å². The van der Waals surface area contributed by atoms with Crippen LogP contribution in [0.5, 0.6) is 0 Å². The van der Waals surface area contributed by atoms with E-state index in [1.165, 1.54) is 16.2 Å². The highest BCUT2D eigenvalue weighted by molar-refractivity contribution is 8.14. The first-order valence-corrected chi connectivity index (χ1v) is 8.86. The molecule has 0 bridgehead atoms. The molecule has 112 valence electrons. The lowest BCUT2D eigenvalue weighted by Crippen LogP contribution is -2.54. The van der Waals surface area contributed by atoms with Gasteiger partial charge in [0.1, 0.15) is 0 Å². The minimum atomic E-state index is -0.197. The average Bonchev–Trinajstić information content (AvgIpc) is 3.11. The van der Waals surface area contributed by atoms with Gasteiger partial charge in [0.15, 0.2) is 0 Å². The molecule has 0 spiro atoms. The summed E-state index contributed by atoms with van der Waals surface area (Å²) in [5.74, 6) is -0.0260. The Balaban J connectivity index is 1.74. The van der Waals surface area contributed by atoms with Crippen molar-refractivity contribution in [1.29, 1.82) is 0 Å². The fraction of sp³-hybridized carbons (Fsp3) is 0.500. The van der Waals surface area contributed by atoms with Crippen molar-refractivity contribution in [2.75, 3.05) is 5.75 Å². The summed E-state index contributed by atoms with van der Waals surface area (Å²) in [7, 11) is 0. The van der Waals surface area contributed by atoms with Crippen LogP contribution in [0.15, 0.2) is 17.5 Å². The van der Waals surface area contributed by atoms with Crippen molar-refractivity contribution in [2.45, 2.75) is 37.8 Å². The van der Waals surface area contributed by atoms with E-state index in [0.29, 0.717) is 4.88 Å². The maximum Gasteiger partial charge on any atom is 0.289 e. The smallest absolute Gasteiger partial charge is 0.289 e. The number of nitrogens with zero attached hydrogens (tertiary/aromatic N) is 1. The number of thiophene rings is 1. The lowest BCUT2D eigenvalue weighted by Gasteiger charge is -2.36. The van der Waals surface area contributed by atoms with Crippen molar-refractivity contribution in [1.82, 2.24) is 10.2 Å². The first-order chi connectivity index (χ1) is 10.2. The van der Waals surface area contributed by atoms with Crippen molar-refractivity contribution in [3.05, 3.63) is 22.4 Å². The van der Waals surface area contributed by atoms with E-state index >= 15 is 0 Å². The Morgan fingerprint density at radius 2 is 2.10 bits per heavy atom. The van der Waals surface area contributed by atoms with Gasteiger partial charge in [0.05, 0.1) is 22.7 Å². The van der Waals surface area contributed by atoms with Gasteiger partial charge in [-0.1, -0.05) is 30.7 Å². The number of nitrogens with one attached hydrogen (secondary N) is 1. The van der Waals surface area contributed by atoms with Crippen molar-refractivity contribution in [2.24, 2.45) is 0 Å². The van der Waals surface area contributed by atoms with Gasteiger partial charge in [-0.05, 0) is 24.3 Å². The average molecular weight is 324 g/mol. The molecule has 21 heavy (non-hydrogen) atoms. The minimum Gasteiger partial charge on any atom is -0.347 e. The number of imide groups is 1. The Labute approximate surface area is 131 Å². The van der Waals surface area contributed by atoms with E-state index < -0.39 is 0 Å². The number of rotatable bonds is 3. The third kappa shape index (κ3) is 2.98. The van der Waals surface area contributed by atoms with Crippen LogP contribution in [0.3, 0.4) is 0 Å². The van der Waals surface area contributed by atoms with Gasteiger partial charge in [-0.3, -0.25) is 19.3 Å². The zero-order valence-electron chi connectivity index (χ0n) is 11.4. The van der Waals surface area contributed by atoms with E-state index in [0.717, 1.165) is 37.4 Å². The minimum absolute atomic E-state index is 0.117. The van der Waals surface area contributed by atoms with Gasteiger partial charge in [0.25, 0.3) is 11.1 Å². The summed E-state index contributed by atoms with van der Waals surface area (Å²) in [5.41, 5.74) is 0. The number of carbonyl (C=O) groups excluding carboxylic acids is 3. The second-order valence-corrected chi connectivity index (χ2v) is 7.10. The van der Waals surface area contributed by atoms with Crippen molar-refractivity contribution in [3.8, 4) is 0 Å². The molecule has 1 aliphatic carbocycles. The topological polar surface area (TPSA) is 66.5 Å². The SMILES string of the molecule is O=C(N[C@H]1CCCC[C@H]1N1C(=O)CSC1=O)c1cccs1. The van der Waals surface area contributed by atoms with Gasteiger partial charge < -0.3 is 5.32 Å². The summed E-state index contributed by atoms with van der Waals surface area (Å²) >= 11 is 2.44. The normalized spacial score (nSPS) is 26.2. The highest BCUT2D eigenvalue weighted by Gasteiger charge is 2.41.